The zero-order valence-electron chi connectivity index (χ0n) is 31.0. The summed E-state index contributed by atoms with van der Waals surface area (Å²) in [5, 5.41) is 9.85. The molecular weight excluding hydrogens is 641 g/mol. The highest BCUT2D eigenvalue weighted by Crippen LogP contribution is 2.47. The van der Waals surface area contributed by atoms with Crippen LogP contribution in [-0.4, -0.2) is 0 Å². The Bertz CT molecular complexity index is 2690. The van der Waals surface area contributed by atoms with Gasteiger partial charge in [-0.15, -0.1) is 0 Å². The standard InChI is InChI=1S/C51H42N2/c1-33-18-23-43-38(28-33)10-6-14-48(43)52(49-15-7-11-39-29-34(2)19-24-44(39)49)42-22-27-47(37(5)32-42)53(50-16-8-12-40-30-35(3)20-25-45(40)50)51-17-9-13-41-31-36(4)21-26-46(41)51/h6-32H,1-5H3. The van der Waals surface area contributed by atoms with E-state index in [-0.39, 0.29) is 0 Å². The van der Waals surface area contributed by atoms with Gasteiger partial charge < -0.3 is 9.80 Å². The van der Waals surface area contributed by atoms with E-state index < -0.39 is 0 Å². The maximum absolute atomic E-state index is 2.47. The Morgan fingerprint density at radius 1 is 0.283 bits per heavy atom. The van der Waals surface area contributed by atoms with E-state index in [0.717, 1.165) is 34.1 Å². The van der Waals surface area contributed by atoms with E-state index in [1.807, 2.05) is 0 Å². The molecule has 0 aliphatic heterocycles. The predicted octanol–water partition coefficient (Wildman–Crippen LogP) is 14.8. The van der Waals surface area contributed by atoms with Crippen LogP contribution < -0.4 is 9.80 Å². The van der Waals surface area contributed by atoms with Crippen LogP contribution >= 0.6 is 0 Å². The highest BCUT2D eigenvalue weighted by Gasteiger charge is 2.23. The van der Waals surface area contributed by atoms with Gasteiger partial charge in [0.15, 0.2) is 0 Å². The van der Waals surface area contributed by atoms with Crippen molar-refractivity contribution in [2.75, 3.05) is 9.80 Å². The predicted molar refractivity (Wildman–Crippen MR) is 230 cm³/mol. The summed E-state index contributed by atoms with van der Waals surface area (Å²) in [7, 11) is 0. The SMILES string of the molecule is Cc1ccc2c(N(c3ccc(N(c4cccc5cc(C)ccc45)c4cccc5cc(C)ccc45)c(C)c3)c3cccc4cc(C)ccc34)cccc2c1. The van der Waals surface area contributed by atoms with Gasteiger partial charge in [0.1, 0.15) is 0 Å². The third kappa shape index (κ3) is 5.77. The first-order valence-electron chi connectivity index (χ1n) is 18.5. The molecule has 0 aromatic heterocycles. The Kier molecular flexibility index (Phi) is 7.97. The number of hydrogen-bond donors (Lipinski definition) is 0. The van der Waals surface area contributed by atoms with Crippen molar-refractivity contribution in [2.45, 2.75) is 34.6 Å². The first-order valence-corrected chi connectivity index (χ1v) is 18.5. The van der Waals surface area contributed by atoms with E-state index in [9.17, 15) is 0 Å². The van der Waals surface area contributed by atoms with E-state index in [1.54, 1.807) is 0 Å². The average molecular weight is 683 g/mol. The average Bonchev–Trinajstić information content (AvgIpc) is 3.15. The van der Waals surface area contributed by atoms with Crippen molar-refractivity contribution in [2.24, 2.45) is 0 Å². The fraction of sp³-hybridized carbons (Fsp3) is 0.0980. The molecule has 0 unspecified atom stereocenters. The molecule has 0 spiro atoms. The second kappa shape index (κ2) is 13.0. The van der Waals surface area contributed by atoms with Gasteiger partial charge >= 0.3 is 0 Å². The maximum Gasteiger partial charge on any atom is 0.0540 e. The lowest BCUT2D eigenvalue weighted by Gasteiger charge is -2.32. The quantitative estimate of drug-likeness (QED) is 0.172. The Morgan fingerprint density at radius 2 is 0.623 bits per heavy atom. The van der Waals surface area contributed by atoms with Gasteiger partial charge in [-0.3, -0.25) is 0 Å². The second-order valence-corrected chi connectivity index (χ2v) is 14.6. The van der Waals surface area contributed by atoms with Gasteiger partial charge in [-0.1, -0.05) is 144 Å². The van der Waals surface area contributed by atoms with Crippen LogP contribution in [0.25, 0.3) is 43.1 Å². The smallest absolute Gasteiger partial charge is 0.0540 e. The number of anilines is 6. The lowest BCUT2D eigenvalue weighted by Crippen LogP contribution is -2.14. The number of fused-ring (bicyclic) bond motifs is 4. The molecule has 9 rings (SSSR count). The van der Waals surface area contributed by atoms with Crippen LogP contribution in [0.2, 0.25) is 0 Å². The number of hydrogen-bond acceptors (Lipinski definition) is 2. The molecule has 9 aromatic rings. The third-order valence-electron chi connectivity index (χ3n) is 10.7. The molecule has 256 valence electrons. The first kappa shape index (κ1) is 32.5. The molecule has 0 aliphatic rings. The number of aryl methyl sites for hydroxylation is 5. The molecule has 2 heteroatoms. The highest BCUT2D eigenvalue weighted by molar-refractivity contribution is 6.07. The van der Waals surface area contributed by atoms with Crippen LogP contribution in [0.5, 0.6) is 0 Å². The molecular formula is C51H42N2. The molecule has 0 saturated carbocycles. The largest absolute Gasteiger partial charge is 0.309 e. The molecule has 0 fully saturated rings. The van der Waals surface area contributed by atoms with Crippen molar-refractivity contribution >= 4 is 77.2 Å². The van der Waals surface area contributed by atoms with E-state index in [0.29, 0.717) is 0 Å². The molecule has 0 saturated heterocycles. The van der Waals surface area contributed by atoms with Gasteiger partial charge in [-0.25, -0.2) is 0 Å². The summed E-state index contributed by atoms with van der Waals surface area (Å²) in [6.07, 6.45) is 0. The summed E-state index contributed by atoms with van der Waals surface area (Å²) in [4.78, 5) is 4.93. The number of nitrogens with zero attached hydrogens (tertiary/aromatic N) is 2. The summed E-state index contributed by atoms with van der Waals surface area (Å²) in [5.74, 6) is 0. The molecule has 0 N–H and O–H groups in total. The van der Waals surface area contributed by atoms with Crippen molar-refractivity contribution in [3.63, 3.8) is 0 Å². The molecule has 0 radical (unpaired) electrons. The van der Waals surface area contributed by atoms with E-state index in [2.05, 4.69) is 208 Å². The molecule has 9 aromatic carbocycles. The minimum absolute atomic E-state index is 1.12. The summed E-state index contributed by atoms with van der Waals surface area (Å²) < 4.78 is 0. The second-order valence-electron chi connectivity index (χ2n) is 14.6. The van der Waals surface area contributed by atoms with Crippen molar-refractivity contribution in [1.29, 1.82) is 0 Å². The molecule has 2 nitrogen and oxygen atoms in total. The zero-order valence-corrected chi connectivity index (χ0v) is 31.0. The first-order chi connectivity index (χ1) is 25.8. The van der Waals surface area contributed by atoms with Crippen LogP contribution in [0.1, 0.15) is 27.8 Å². The van der Waals surface area contributed by atoms with Crippen molar-refractivity contribution in [3.05, 3.63) is 192 Å². The Hall–Kier alpha value is -6.38. The third-order valence-corrected chi connectivity index (χ3v) is 10.7. The summed E-state index contributed by atoms with van der Waals surface area (Å²) in [5.41, 5.74) is 13.1. The lowest BCUT2D eigenvalue weighted by molar-refractivity contribution is 1.25. The molecule has 0 atom stereocenters. The summed E-state index contributed by atoms with van der Waals surface area (Å²) in [6, 6.07) is 60.8. The highest BCUT2D eigenvalue weighted by atomic mass is 15.2. The zero-order chi connectivity index (χ0) is 36.2. The van der Waals surface area contributed by atoms with Crippen LogP contribution in [0.3, 0.4) is 0 Å². The minimum Gasteiger partial charge on any atom is -0.309 e. The fourth-order valence-corrected chi connectivity index (χ4v) is 8.15. The Morgan fingerprint density at radius 3 is 0.962 bits per heavy atom. The normalized spacial score (nSPS) is 11.5. The molecule has 0 heterocycles. The molecule has 0 amide bonds. The van der Waals surface area contributed by atoms with Gasteiger partial charge in [0.25, 0.3) is 0 Å². The molecule has 53 heavy (non-hydrogen) atoms. The van der Waals surface area contributed by atoms with E-state index in [1.165, 1.54) is 70.9 Å². The Labute approximate surface area is 312 Å². The topological polar surface area (TPSA) is 6.48 Å². The van der Waals surface area contributed by atoms with Gasteiger partial charge in [0, 0.05) is 32.9 Å². The van der Waals surface area contributed by atoms with Crippen molar-refractivity contribution in [1.82, 2.24) is 0 Å². The fourth-order valence-electron chi connectivity index (χ4n) is 8.15. The molecule has 0 aliphatic carbocycles. The van der Waals surface area contributed by atoms with Crippen LogP contribution in [0, 0.1) is 34.6 Å². The van der Waals surface area contributed by atoms with Crippen molar-refractivity contribution < 1.29 is 0 Å². The monoisotopic (exact) mass is 682 g/mol. The van der Waals surface area contributed by atoms with Crippen LogP contribution in [0.15, 0.2) is 164 Å². The molecule has 0 bridgehead atoms. The van der Waals surface area contributed by atoms with Crippen molar-refractivity contribution in [3.8, 4) is 0 Å². The number of rotatable bonds is 6. The lowest BCUT2D eigenvalue weighted by atomic mass is 9.99. The summed E-state index contributed by atoms with van der Waals surface area (Å²) in [6.45, 7) is 10.9. The van der Waals surface area contributed by atoms with Gasteiger partial charge in [-0.2, -0.15) is 0 Å². The van der Waals surface area contributed by atoms with Gasteiger partial charge in [-0.05, 0) is 104 Å². The minimum atomic E-state index is 1.12. The van der Waals surface area contributed by atoms with Gasteiger partial charge in [0.2, 0.25) is 0 Å². The number of benzene rings is 9. The van der Waals surface area contributed by atoms with E-state index in [4.69, 9.17) is 0 Å². The van der Waals surface area contributed by atoms with Gasteiger partial charge in [0.05, 0.1) is 22.7 Å². The van der Waals surface area contributed by atoms with Crippen LogP contribution in [0.4, 0.5) is 34.1 Å². The van der Waals surface area contributed by atoms with Crippen LogP contribution in [-0.2, 0) is 0 Å². The summed E-state index contributed by atoms with van der Waals surface area (Å²) >= 11 is 0. The Balaban J connectivity index is 1.29. The maximum atomic E-state index is 2.47. The van der Waals surface area contributed by atoms with E-state index >= 15 is 0 Å².